The van der Waals surface area contributed by atoms with Gasteiger partial charge in [0.1, 0.15) is 11.0 Å². The summed E-state index contributed by atoms with van der Waals surface area (Å²) in [6.07, 6.45) is 3.26. The van der Waals surface area contributed by atoms with E-state index in [1.165, 1.54) is 6.20 Å². The Kier molecular flexibility index (Phi) is 6.26. The minimum Gasteiger partial charge on any atom is -0.313 e. The van der Waals surface area contributed by atoms with Crippen molar-refractivity contribution in [2.24, 2.45) is 0 Å². The van der Waals surface area contributed by atoms with Crippen molar-refractivity contribution in [3.05, 3.63) is 105 Å². The Morgan fingerprint density at radius 2 is 1.94 bits per heavy atom. The highest BCUT2D eigenvalue weighted by Crippen LogP contribution is 2.29. The first-order valence-electron chi connectivity index (χ1n) is 11.5. The molecule has 1 N–H and O–H groups in total. The van der Waals surface area contributed by atoms with Crippen LogP contribution in [-0.2, 0) is 6.54 Å². The Hall–Kier alpha value is -3.35. The molecule has 2 aromatic heterocycles. The number of carbonyl (C=O) groups is 1. The van der Waals surface area contributed by atoms with Gasteiger partial charge in [-0.2, -0.15) is 0 Å². The van der Waals surface area contributed by atoms with Crippen molar-refractivity contribution in [3.63, 3.8) is 0 Å². The second-order valence-electron chi connectivity index (χ2n) is 8.78. The minimum absolute atomic E-state index is 0.0485. The molecule has 1 aliphatic heterocycles. The van der Waals surface area contributed by atoms with E-state index in [0.29, 0.717) is 28.8 Å². The van der Waals surface area contributed by atoms with Crippen molar-refractivity contribution in [2.75, 3.05) is 6.54 Å². The maximum atomic E-state index is 13.9. The summed E-state index contributed by atoms with van der Waals surface area (Å²) in [5.74, 6) is -0.209. The van der Waals surface area contributed by atoms with Crippen LogP contribution in [0.25, 0.3) is 10.9 Å². The summed E-state index contributed by atoms with van der Waals surface area (Å²) < 4.78 is 1.63. The van der Waals surface area contributed by atoms with Gasteiger partial charge in [-0.15, -0.1) is 0 Å². The summed E-state index contributed by atoms with van der Waals surface area (Å²) in [6, 6.07) is 18.8. The van der Waals surface area contributed by atoms with Crippen LogP contribution in [0.15, 0.2) is 71.7 Å². The second-order valence-corrected chi connectivity index (χ2v) is 9.17. The maximum Gasteiger partial charge on any atom is 0.263 e. The van der Waals surface area contributed by atoms with E-state index in [0.717, 1.165) is 30.5 Å². The number of rotatable bonds is 6. The Balaban J connectivity index is 1.73. The summed E-state index contributed by atoms with van der Waals surface area (Å²) in [5, 5.41) is 4.11. The van der Waals surface area contributed by atoms with E-state index in [9.17, 15) is 9.59 Å². The fraction of sp³-hybridized carbons (Fsp3) is 0.259. The molecule has 0 spiro atoms. The third-order valence-electron chi connectivity index (χ3n) is 6.42. The number of hydrogen-bond acceptors (Lipinski definition) is 5. The smallest absolute Gasteiger partial charge is 0.263 e. The Morgan fingerprint density at radius 3 is 2.65 bits per heavy atom. The lowest BCUT2D eigenvalue weighted by Gasteiger charge is -2.26. The Labute approximate surface area is 202 Å². The van der Waals surface area contributed by atoms with Crippen molar-refractivity contribution in [2.45, 2.75) is 38.3 Å². The van der Waals surface area contributed by atoms with Crippen LogP contribution >= 0.6 is 11.6 Å². The summed E-state index contributed by atoms with van der Waals surface area (Å²) >= 11 is 6.13. The lowest BCUT2D eigenvalue weighted by molar-refractivity contribution is 0.0936. The molecule has 34 heavy (non-hydrogen) atoms. The number of aromatic nitrogens is 3. The van der Waals surface area contributed by atoms with Gasteiger partial charge in [-0.25, -0.2) is 9.97 Å². The zero-order valence-electron chi connectivity index (χ0n) is 18.9. The molecule has 2 aromatic carbocycles. The predicted molar refractivity (Wildman–Crippen MR) is 134 cm³/mol. The molecule has 0 bridgehead atoms. The van der Waals surface area contributed by atoms with Crippen molar-refractivity contribution >= 4 is 28.3 Å². The Morgan fingerprint density at radius 1 is 1.18 bits per heavy atom. The third kappa shape index (κ3) is 4.39. The maximum absolute atomic E-state index is 13.9. The van der Waals surface area contributed by atoms with Crippen LogP contribution in [0.2, 0.25) is 5.15 Å². The quantitative estimate of drug-likeness (QED) is 0.330. The monoisotopic (exact) mass is 472 g/mol. The predicted octanol–water partition coefficient (Wildman–Crippen LogP) is 4.52. The summed E-state index contributed by atoms with van der Waals surface area (Å²) in [6.45, 7) is 3.13. The van der Waals surface area contributed by atoms with E-state index in [4.69, 9.17) is 16.6 Å². The molecule has 0 aliphatic carbocycles. The van der Waals surface area contributed by atoms with Gasteiger partial charge in [-0.05, 0) is 31.9 Å². The van der Waals surface area contributed by atoms with Crippen LogP contribution in [0.4, 0.5) is 0 Å². The molecule has 0 saturated carbocycles. The van der Waals surface area contributed by atoms with Gasteiger partial charge in [-0.1, -0.05) is 71.8 Å². The second kappa shape index (κ2) is 9.49. The van der Waals surface area contributed by atoms with Gasteiger partial charge in [0.05, 0.1) is 23.4 Å². The zero-order valence-corrected chi connectivity index (χ0v) is 19.6. The van der Waals surface area contributed by atoms with E-state index in [-0.39, 0.29) is 22.5 Å². The molecule has 2 unspecified atom stereocenters. The zero-order chi connectivity index (χ0) is 23.7. The molecular formula is C27H25ClN4O2. The van der Waals surface area contributed by atoms with E-state index < -0.39 is 5.92 Å². The van der Waals surface area contributed by atoms with Gasteiger partial charge in [0.2, 0.25) is 0 Å². The largest absolute Gasteiger partial charge is 0.313 e. The van der Waals surface area contributed by atoms with Gasteiger partial charge in [-0.3, -0.25) is 14.2 Å². The first-order valence-corrected chi connectivity index (χ1v) is 11.8. The lowest BCUT2D eigenvalue weighted by atomic mass is 9.88. The Bertz CT molecular complexity index is 1390. The molecular weight excluding hydrogens is 448 g/mol. The molecule has 0 radical (unpaired) electrons. The van der Waals surface area contributed by atoms with Gasteiger partial charge in [0.25, 0.3) is 5.56 Å². The fourth-order valence-electron chi connectivity index (χ4n) is 4.64. The number of aryl methyl sites for hydroxylation is 1. The number of fused-ring (bicyclic) bond motifs is 1. The van der Waals surface area contributed by atoms with Crippen molar-refractivity contribution in [3.8, 4) is 0 Å². The number of benzene rings is 2. The summed E-state index contributed by atoms with van der Waals surface area (Å²) in [5.41, 5.74) is 2.86. The summed E-state index contributed by atoms with van der Waals surface area (Å²) in [4.78, 5) is 36.6. The number of Topliss-reactive ketones (excluding diaryl/α,β-unsaturated/α-hetero) is 1. The standard InChI is InChI=1S/C27H25ClN4O2/c1-17-9-11-19(12-10-17)25(33)24(21-8-5-13-29-21)26-31-22-14-23(28)30-15-20(22)27(34)32(26)16-18-6-3-2-4-7-18/h2-4,6-7,9-12,14-15,21,24,29H,5,8,13,16H2,1H3. The number of hydrogen-bond donors (Lipinski definition) is 1. The van der Waals surface area contributed by atoms with E-state index in [1.54, 1.807) is 10.6 Å². The number of ketones is 1. The van der Waals surface area contributed by atoms with Crippen molar-refractivity contribution in [1.29, 1.82) is 0 Å². The highest BCUT2D eigenvalue weighted by molar-refractivity contribution is 6.29. The molecule has 1 fully saturated rings. The van der Waals surface area contributed by atoms with Crippen LogP contribution in [0.1, 0.15) is 46.1 Å². The van der Waals surface area contributed by atoms with Crippen LogP contribution < -0.4 is 10.9 Å². The van der Waals surface area contributed by atoms with E-state index in [2.05, 4.69) is 10.3 Å². The highest BCUT2D eigenvalue weighted by Gasteiger charge is 2.36. The number of pyridine rings is 1. The molecule has 3 heterocycles. The van der Waals surface area contributed by atoms with Crippen LogP contribution in [0.3, 0.4) is 0 Å². The van der Waals surface area contributed by atoms with E-state index in [1.807, 2.05) is 61.5 Å². The van der Waals surface area contributed by atoms with Gasteiger partial charge in [0, 0.05) is 23.9 Å². The molecule has 172 valence electrons. The minimum atomic E-state index is -0.613. The SMILES string of the molecule is Cc1ccc(C(=O)C(c2nc3cc(Cl)ncc3c(=O)n2Cc2ccccc2)C2CCCN2)cc1. The molecule has 6 nitrogen and oxygen atoms in total. The number of nitrogens with zero attached hydrogens (tertiary/aromatic N) is 3. The average Bonchev–Trinajstić information content (AvgIpc) is 3.37. The van der Waals surface area contributed by atoms with Crippen molar-refractivity contribution in [1.82, 2.24) is 19.9 Å². The molecule has 4 aromatic rings. The first-order chi connectivity index (χ1) is 16.5. The van der Waals surface area contributed by atoms with Crippen LogP contribution in [0, 0.1) is 6.92 Å². The lowest BCUT2D eigenvalue weighted by Crippen LogP contribution is -2.39. The number of carbonyl (C=O) groups excluding carboxylic acids is 1. The van der Waals surface area contributed by atoms with Crippen molar-refractivity contribution < 1.29 is 4.79 Å². The molecule has 0 amide bonds. The third-order valence-corrected chi connectivity index (χ3v) is 6.62. The van der Waals surface area contributed by atoms with Gasteiger partial charge < -0.3 is 5.32 Å². The van der Waals surface area contributed by atoms with Gasteiger partial charge in [0.15, 0.2) is 5.78 Å². The summed E-state index contributed by atoms with van der Waals surface area (Å²) in [7, 11) is 0. The van der Waals surface area contributed by atoms with Crippen LogP contribution in [-0.4, -0.2) is 32.9 Å². The fourth-order valence-corrected chi connectivity index (χ4v) is 4.79. The normalized spacial score (nSPS) is 16.6. The molecule has 7 heteroatoms. The molecule has 2 atom stereocenters. The highest BCUT2D eigenvalue weighted by atomic mass is 35.5. The number of halogens is 1. The van der Waals surface area contributed by atoms with E-state index >= 15 is 0 Å². The number of nitrogens with one attached hydrogen (secondary N) is 1. The molecule has 1 aliphatic rings. The molecule has 1 saturated heterocycles. The van der Waals surface area contributed by atoms with Crippen LogP contribution in [0.5, 0.6) is 0 Å². The molecule has 5 rings (SSSR count). The average molecular weight is 473 g/mol. The topological polar surface area (TPSA) is 76.9 Å². The first kappa shape index (κ1) is 22.4. The van der Waals surface area contributed by atoms with Gasteiger partial charge >= 0.3 is 0 Å².